The molecule has 6 heteroatoms. The van der Waals surface area contributed by atoms with Crippen molar-refractivity contribution in [2.24, 2.45) is 5.92 Å². The number of anilines is 1. The van der Waals surface area contributed by atoms with Crippen molar-refractivity contribution in [1.29, 1.82) is 5.26 Å². The third-order valence-electron chi connectivity index (χ3n) is 5.69. The summed E-state index contributed by atoms with van der Waals surface area (Å²) >= 11 is 1.59. The lowest BCUT2D eigenvalue weighted by atomic mass is 9.89. The number of aromatic nitrogens is 1. The van der Waals surface area contributed by atoms with Gasteiger partial charge in [-0.05, 0) is 49.8 Å². The monoisotopic (exact) mass is 368 g/mol. The number of amides is 1. The second-order valence-electron chi connectivity index (χ2n) is 7.49. The molecular formula is C20H24N4OS. The molecule has 1 aliphatic heterocycles. The fourth-order valence-electron chi connectivity index (χ4n) is 4.15. The van der Waals surface area contributed by atoms with Crippen LogP contribution in [0.2, 0.25) is 0 Å². The standard InChI is InChI=1S/C20H24N4OS/c1-13-5-6-15-16(11-21)20(26-18(15)10-13)22-19(25)12-24-9-8-23-7-3-4-17(23)14(24)2/h3-4,7,13-14H,5-6,8-10,12H2,1-2H3,(H,22,25)/t13-,14-/m1/s1. The van der Waals surface area contributed by atoms with E-state index in [4.69, 9.17) is 0 Å². The number of nitriles is 1. The Labute approximate surface area is 158 Å². The largest absolute Gasteiger partial charge is 0.349 e. The molecule has 1 amide bonds. The molecule has 0 spiro atoms. The average Bonchev–Trinajstić information content (AvgIpc) is 3.21. The number of hydrogen-bond acceptors (Lipinski definition) is 4. The van der Waals surface area contributed by atoms with Crippen LogP contribution in [0.3, 0.4) is 0 Å². The number of carbonyl (C=O) groups excluding carboxylic acids is 1. The van der Waals surface area contributed by atoms with Crippen LogP contribution in [0.15, 0.2) is 18.3 Å². The number of thiophene rings is 1. The van der Waals surface area contributed by atoms with Crippen molar-refractivity contribution in [3.63, 3.8) is 0 Å². The predicted octanol–water partition coefficient (Wildman–Crippen LogP) is 3.56. The number of rotatable bonds is 3. The summed E-state index contributed by atoms with van der Waals surface area (Å²) in [5, 5.41) is 13.4. The van der Waals surface area contributed by atoms with Crippen LogP contribution in [0.25, 0.3) is 0 Å². The van der Waals surface area contributed by atoms with E-state index < -0.39 is 0 Å². The van der Waals surface area contributed by atoms with Crippen molar-refractivity contribution in [3.8, 4) is 6.07 Å². The number of fused-ring (bicyclic) bond motifs is 2. The van der Waals surface area contributed by atoms with Crippen LogP contribution in [-0.4, -0.2) is 28.5 Å². The van der Waals surface area contributed by atoms with Gasteiger partial charge in [0.2, 0.25) is 5.91 Å². The smallest absolute Gasteiger partial charge is 0.239 e. The maximum absolute atomic E-state index is 12.7. The Kier molecular flexibility index (Phi) is 4.60. The third kappa shape index (κ3) is 3.06. The molecule has 1 aliphatic carbocycles. The fraction of sp³-hybridized carbons (Fsp3) is 0.500. The minimum atomic E-state index is -0.0278. The average molecular weight is 369 g/mol. The van der Waals surface area contributed by atoms with Gasteiger partial charge < -0.3 is 9.88 Å². The second-order valence-corrected chi connectivity index (χ2v) is 8.59. The molecule has 0 bridgehead atoms. The van der Waals surface area contributed by atoms with Crippen LogP contribution < -0.4 is 5.32 Å². The van der Waals surface area contributed by atoms with Gasteiger partial charge in [0.05, 0.1) is 12.1 Å². The first kappa shape index (κ1) is 17.3. The highest BCUT2D eigenvalue weighted by atomic mass is 32.1. The van der Waals surface area contributed by atoms with E-state index in [9.17, 15) is 10.1 Å². The zero-order valence-corrected chi connectivity index (χ0v) is 16.1. The molecule has 0 saturated carbocycles. The van der Waals surface area contributed by atoms with E-state index in [0.717, 1.165) is 42.9 Å². The zero-order chi connectivity index (χ0) is 18.3. The van der Waals surface area contributed by atoms with Gasteiger partial charge in [-0.2, -0.15) is 5.26 Å². The third-order valence-corrected chi connectivity index (χ3v) is 6.86. The maximum atomic E-state index is 12.7. The van der Waals surface area contributed by atoms with Crippen molar-refractivity contribution < 1.29 is 4.79 Å². The van der Waals surface area contributed by atoms with Crippen LogP contribution in [-0.2, 0) is 24.2 Å². The van der Waals surface area contributed by atoms with E-state index in [2.05, 4.69) is 53.0 Å². The van der Waals surface area contributed by atoms with E-state index in [1.54, 1.807) is 11.3 Å². The molecule has 0 unspecified atom stereocenters. The van der Waals surface area contributed by atoms with Crippen molar-refractivity contribution >= 4 is 22.2 Å². The Morgan fingerprint density at radius 3 is 3.08 bits per heavy atom. The minimum absolute atomic E-state index is 0.0278. The van der Waals surface area contributed by atoms with Gasteiger partial charge in [0, 0.05) is 35.9 Å². The SMILES string of the molecule is C[C@@H]1CCc2c(sc(NC(=O)CN3CCn4cccc4[C@H]3C)c2C#N)C1. The second kappa shape index (κ2) is 6.90. The van der Waals surface area contributed by atoms with E-state index in [1.807, 2.05) is 0 Å². The number of hydrogen-bond donors (Lipinski definition) is 1. The molecule has 2 aromatic rings. The first-order valence-electron chi connectivity index (χ1n) is 9.30. The van der Waals surface area contributed by atoms with Crippen LogP contribution in [0, 0.1) is 17.2 Å². The Morgan fingerprint density at radius 2 is 2.27 bits per heavy atom. The molecule has 136 valence electrons. The van der Waals surface area contributed by atoms with Crippen molar-refractivity contribution in [2.75, 3.05) is 18.4 Å². The molecule has 0 fully saturated rings. The molecule has 26 heavy (non-hydrogen) atoms. The Morgan fingerprint density at radius 1 is 1.42 bits per heavy atom. The van der Waals surface area contributed by atoms with Crippen LogP contribution in [0.5, 0.6) is 0 Å². The maximum Gasteiger partial charge on any atom is 0.239 e. The highest BCUT2D eigenvalue weighted by molar-refractivity contribution is 7.16. The van der Waals surface area contributed by atoms with Gasteiger partial charge in [-0.25, -0.2) is 0 Å². The first-order valence-corrected chi connectivity index (χ1v) is 10.1. The quantitative estimate of drug-likeness (QED) is 0.901. The summed E-state index contributed by atoms with van der Waals surface area (Å²) in [7, 11) is 0. The molecule has 0 aromatic carbocycles. The molecule has 4 rings (SSSR count). The van der Waals surface area contributed by atoms with Crippen LogP contribution in [0.4, 0.5) is 5.00 Å². The molecule has 1 N–H and O–H groups in total. The van der Waals surface area contributed by atoms with Gasteiger partial charge in [0.15, 0.2) is 0 Å². The molecular weight excluding hydrogens is 344 g/mol. The molecule has 2 aromatic heterocycles. The summed E-state index contributed by atoms with van der Waals surface area (Å²) in [6, 6.07) is 6.73. The molecule has 3 heterocycles. The number of nitrogens with one attached hydrogen (secondary N) is 1. The lowest BCUT2D eigenvalue weighted by Gasteiger charge is -2.34. The van der Waals surface area contributed by atoms with Gasteiger partial charge in [0.1, 0.15) is 11.1 Å². The summed E-state index contributed by atoms with van der Waals surface area (Å²) in [5.74, 6) is 0.627. The molecule has 2 atom stereocenters. The first-order chi connectivity index (χ1) is 12.6. The molecule has 2 aliphatic rings. The van der Waals surface area contributed by atoms with Gasteiger partial charge in [-0.3, -0.25) is 9.69 Å². The zero-order valence-electron chi connectivity index (χ0n) is 15.3. The van der Waals surface area contributed by atoms with E-state index in [1.165, 1.54) is 10.6 Å². The Balaban J connectivity index is 1.47. The number of carbonyl (C=O) groups is 1. The predicted molar refractivity (Wildman–Crippen MR) is 103 cm³/mol. The Hall–Kier alpha value is -2.10. The van der Waals surface area contributed by atoms with E-state index in [-0.39, 0.29) is 11.9 Å². The summed E-state index contributed by atoms with van der Waals surface area (Å²) < 4.78 is 2.25. The van der Waals surface area contributed by atoms with E-state index in [0.29, 0.717) is 18.0 Å². The van der Waals surface area contributed by atoms with E-state index >= 15 is 0 Å². The van der Waals surface area contributed by atoms with Crippen molar-refractivity contribution in [2.45, 2.75) is 45.7 Å². The van der Waals surface area contributed by atoms with Crippen LogP contribution in [0.1, 0.15) is 48.0 Å². The lowest BCUT2D eigenvalue weighted by Crippen LogP contribution is -2.41. The molecule has 0 saturated heterocycles. The fourth-order valence-corrected chi connectivity index (χ4v) is 5.53. The summed E-state index contributed by atoms with van der Waals surface area (Å²) in [6.45, 7) is 6.52. The van der Waals surface area contributed by atoms with Gasteiger partial charge >= 0.3 is 0 Å². The molecule has 0 radical (unpaired) electrons. The van der Waals surface area contributed by atoms with Gasteiger partial charge in [-0.1, -0.05) is 6.92 Å². The summed E-state index contributed by atoms with van der Waals surface area (Å²) in [5.41, 5.74) is 3.10. The van der Waals surface area contributed by atoms with Gasteiger partial charge in [-0.15, -0.1) is 11.3 Å². The highest BCUT2D eigenvalue weighted by Crippen LogP contribution is 2.39. The normalized spacial score (nSPS) is 22.3. The molecule has 5 nitrogen and oxygen atoms in total. The van der Waals surface area contributed by atoms with Crippen LogP contribution >= 0.6 is 11.3 Å². The summed E-state index contributed by atoms with van der Waals surface area (Å²) in [6.07, 6.45) is 5.19. The van der Waals surface area contributed by atoms with Crippen molar-refractivity contribution in [3.05, 3.63) is 40.0 Å². The Bertz CT molecular complexity index is 875. The number of nitrogens with zero attached hydrogens (tertiary/aromatic N) is 3. The topological polar surface area (TPSA) is 61.1 Å². The minimum Gasteiger partial charge on any atom is -0.349 e. The lowest BCUT2D eigenvalue weighted by molar-refractivity contribution is -0.118. The van der Waals surface area contributed by atoms with Gasteiger partial charge in [0.25, 0.3) is 0 Å². The van der Waals surface area contributed by atoms with Crippen molar-refractivity contribution in [1.82, 2.24) is 9.47 Å². The highest BCUT2D eigenvalue weighted by Gasteiger charge is 2.27. The summed E-state index contributed by atoms with van der Waals surface area (Å²) in [4.78, 5) is 16.1.